The lowest BCUT2D eigenvalue weighted by molar-refractivity contribution is -0.114. The van der Waals surface area contributed by atoms with Crippen LogP contribution in [0.2, 0.25) is 0 Å². The van der Waals surface area contributed by atoms with Crippen molar-refractivity contribution in [1.82, 2.24) is 4.90 Å². The number of nitrogens with one attached hydrogen (secondary N) is 1. The van der Waals surface area contributed by atoms with Crippen LogP contribution in [0.15, 0.2) is 36.5 Å². The van der Waals surface area contributed by atoms with Gasteiger partial charge in [0.05, 0.1) is 11.4 Å². The maximum absolute atomic E-state index is 11.7. The lowest BCUT2D eigenvalue weighted by Gasteiger charge is -2.15. The average molecular weight is 316 g/mol. The molecule has 1 rings (SSSR count). The standard InChI is InChI=1S/C11H13IN2O/c1-8(14(2)3)11(15)13-10-7-5-4-6-9(10)12/h4-7H,1H2,2-3H3,(H,13,15). The van der Waals surface area contributed by atoms with Crippen LogP contribution in [0.4, 0.5) is 5.69 Å². The highest BCUT2D eigenvalue weighted by Gasteiger charge is 2.09. The van der Waals surface area contributed by atoms with E-state index in [1.165, 1.54) is 0 Å². The molecule has 0 bridgehead atoms. The minimum absolute atomic E-state index is 0.177. The molecule has 0 aromatic heterocycles. The van der Waals surface area contributed by atoms with Gasteiger partial charge in [-0.25, -0.2) is 0 Å². The largest absolute Gasteiger partial charge is 0.374 e. The van der Waals surface area contributed by atoms with Gasteiger partial charge in [0.15, 0.2) is 0 Å². The Hall–Kier alpha value is -1.04. The molecule has 1 aromatic rings. The van der Waals surface area contributed by atoms with Gasteiger partial charge in [-0.2, -0.15) is 0 Å². The fourth-order valence-electron chi connectivity index (χ4n) is 0.960. The first-order chi connectivity index (χ1) is 7.02. The third kappa shape index (κ3) is 3.23. The maximum atomic E-state index is 11.7. The van der Waals surface area contributed by atoms with Gasteiger partial charge in [-0.15, -0.1) is 0 Å². The number of likely N-dealkylation sites (N-methyl/N-ethyl adjacent to an activating group) is 1. The second-order valence-electron chi connectivity index (χ2n) is 3.28. The fraction of sp³-hybridized carbons (Fsp3) is 0.182. The van der Waals surface area contributed by atoms with E-state index in [1.54, 1.807) is 19.0 Å². The second-order valence-corrected chi connectivity index (χ2v) is 4.44. The molecule has 3 nitrogen and oxygen atoms in total. The van der Waals surface area contributed by atoms with Gasteiger partial charge >= 0.3 is 0 Å². The van der Waals surface area contributed by atoms with Crippen LogP contribution in [0, 0.1) is 3.57 Å². The number of benzene rings is 1. The summed E-state index contributed by atoms with van der Waals surface area (Å²) in [4.78, 5) is 13.3. The number of carbonyl (C=O) groups excluding carboxylic acids is 1. The molecule has 1 N–H and O–H groups in total. The molecule has 0 saturated carbocycles. The molecule has 0 fully saturated rings. The van der Waals surface area contributed by atoms with Crippen LogP contribution in [0.3, 0.4) is 0 Å². The Bertz CT molecular complexity index is 388. The van der Waals surface area contributed by atoms with Crippen molar-refractivity contribution in [3.63, 3.8) is 0 Å². The summed E-state index contributed by atoms with van der Waals surface area (Å²) in [5.74, 6) is -0.177. The molecule has 0 aliphatic heterocycles. The van der Waals surface area contributed by atoms with E-state index in [0.717, 1.165) is 9.26 Å². The molecule has 15 heavy (non-hydrogen) atoms. The van der Waals surface area contributed by atoms with Gasteiger partial charge in [0.2, 0.25) is 0 Å². The van der Waals surface area contributed by atoms with E-state index in [-0.39, 0.29) is 5.91 Å². The van der Waals surface area contributed by atoms with Crippen molar-refractivity contribution >= 4 is 34.2 Å². The van der Waals surface area contributed by atoms with Crippen molar-refractivity contribution < 1.29 is 4.79 Å². The van der Waals surface area contributed by atoms with E-state index in [9.17, 15) is 4.79 Å². The third-order valence-electron chi connectivity index (χ3n) is 1.92. The summed E-state index contributed by atoms with van der Waals surface area (Å²) in [6.07, 6.45) is 0. The van der Waals surface area contributed by atoms with Gasteiger partial charge in [-0.05, 0) is 34.7 Å². The first-order valence-corrected chi connectivity index (χ1v) is 5.52. The van der Waals surface area contributed by atoms with Gasteiger partial charge in [0.25, 0.3) is 5.91 Å². The molecule has 4 heteroatoms. The summed E-state index contributed by atoms with van der Waals surface area (Å²) < 4.78 is 1.01. The molecule has 0 aliphatic rings. The zero-order valence-electron chi connectivity index (χ0n) is 8.75. The van der Waals surface area contributed by atoms with E-state index in [2.05, 4.69) is 34.5 Å². The smallest absolute Gasteiger partial charge is 0.271 e. The molecular formula is C11H13IN2O. The molecule has 1 aromatic carbocycles. The predicted octanol–water partition coefficient (Wildman–Crippen LogP) is 2.31. The molecule has 0 unspecified atom stereocenters. The quantitative estimate of drug-likeness (QED) is 0.685. The molecule has 0 radical (unpaired) electrons. The van der Waals surface area contributed by atoms with E-state index in [1.807, 2.05) is 24.3 Å². The molecule has 1 amide bonds. The number of hydrogen-bond acceptors (Lipinski definition) is 2. The van der Waals surface area contributed by atoms with Gasteiger partial charge in [0.1, 0.15) is 0 Å². The zero-order valence-corrected chi connectivity index (χ0v) is 10.9. The number of carbonyl (C=O) groups is 1. The predicted molar refractivity (Wildman–Crippen MR) is 70.6 cm³/mol. The number of hydrogen-bond donors (Lipinski definition) is 1. The van der Waals surface area contributed by atoms with Crippen LogP contribution in [0.1, 0.15) is 0 Å². The summed E-state index contributed by atoms with van der Waals surface area (Å²) in [7, 11) is 3.58. The van der Waals surface area contributed by atoms with Crippen molar-refractivity contribution in [3.05, 3.63) is 40.1 Å². The molecule has 0 spiro atoms. The number of rotatable bonds is 3. The SMILES string of the molecule is C=C(C(=O)Nc1ccccc1I)N(C)C. The van der Waals surface area contributed by atoms with Gasteiger partial charge < -0.3 is 10.2 Å². The van der Waals surface area contributed by atoms with Crippen molar-refractivity contribution in [2.75, 3.05) is 19.4 Å². The molecule has 0 heterocycles. The summed E-state index contributed by atoms with van der Waals surface area (Å²) in [6.45, 7) is 3.69. The summed E-state index contributed by atoms with van der Waals surface area (Å²) in [5, 5.41) is 2.80. The van der Waals surface area contributed by atoms with Crippen LogP contribution in [0.25, 0.3) is 0 Å². The van der Waals surface area contributed by atoms with Gasteiger partial charge in [-0.3, -0.25) is 4.79 Å². The Kier molecular flexibility index (Phi) is 4.14. The minimum Gasteiger partial charge on any atom is -0.374 e. The monoisotopic (exact) mass is 316 g/mol. The number of para-hydroxylation sites is 1. The highest BCUT2D eigenvalue weighted by Crippen LogP contribution is 2.17. The number of amides is 1. The van der Waals surface area contributed by atoms with E-state index < -0.39 is 0 Å². The Morgan fingerprint density at radius 2 is 2.00 bits per heavy atom. The first-order valence-electron chi connectivity index (χ1n) is 4.44. The van der Waals surface area contributed by atoms with Crippen molar-refractivity contribution in [1.29, 1.82) is 0 Å². The summed E-state index contributed by atoms with van der Waals surface area (Å²) >= 11 is 2.18. The van der Waals surface area contributed by atoms with Gasteiger partial charge in [-0.1, -0.05) is 18.7 Å². The normalized spacial score (nSPS) is 9.53. The second kappa shape index (κ2) is 5.16. The number of anilines is 1. The average Bonchev–Trinajstić information content (AvgIpc) is 2.20. The maximum Gasteiger partial charge on any atom is 0.271 e. The van der Waals surface area contributed by atoms with Crippen molar-refractivity contribution in [3.8, 4) is 0 Å². The Morgan fingerprint density at radius 3 is 2.53 bits per heavy atom. The molecule has 0 saturated heterocycles. The van der Waals surface area contributed by atoms with E-state index in [0.29, 0.717) is 5.70 Å². The molecule has 0 atom stereocenters. The molecule has 80 valence electrons. The fourth-order valence-corrected chi connectivity index (χ4v) is 1.48. The minimum atomic E-state index is -0.177. The Morgan fingerprint density at radius 1 is 1.40 bits per heavy atom. The first kappa shape index (κ1) is 12.0. The van der Waals surface area contributed by atoms with Crippen molar-refractivity contribution in [2.24, 2.45) is 0 Å². The Balaban J connectivity index is 2.75. The van der Waals surface area contributed by atoms with E-state index in [4.69, 9.17) is 0 Å². The van der Waals surface area contributed by atoms with E-state index >= 15 is 0 Å². The molecule has 0 aliphatic carbocycles. The van der Waals surface area contributed by atoms with Crippen LogP contribution in [0.5, 0.6) is 0 Å². The zero-order chi connectivity index (χ0) is 11.4. The van der Waals surface area contributed by atoms with Gasteiger partial charge in [0, 0.05) is 17.7 Å². The number of nitrogens with zero attached hydrogens (tertiary/aromatic N) is 1. The van der Waals surface area contributed by atoms with Crippen LogP contribution in [-0.4, -0.2) is 24.9 Å². The Labute approximate surface area is 103 Å². The van der Waals surface area contributed by atoms with Crippen LogP contribution in [-0.2, 0) is 4.79 Å². The van der Waals surface area contributed by atoms with Crippen molar-refractivity contribution in [2.45, 2.75) is 0 Å². The molecular weight excluding hydrogens is 303 g/mol. The lowest BCUT2D eigenvalue weighted by Crippen LogP contribution is -2.24. The topological polar surface area (TPSA) is 32.3 Å². The van der Waals surface area contributed by atoms with Crippen LogP contribution >= 0.6 is 22.6 Å². The lowest BCUT2D eigenvalue weighted by atomic mass is 10.3. The highest BCUT2D eigenvalue weighted by atomic mass is 127. The third-order valence-corrected chi connectivity index (χ3v) is 2.86. The number of halogens is 1. The summed E-state index contributed by atoms with van der Waals surface area (Å²) in [6, 6.07) is 7.62. The highest BCUT2D eigenvalue weighted by molar-refractivity contribution is 14.1. The van der Waals surface area contributed by atoms with Crippen LogP contribution < -0.4 is 5.32 Å². The summed E-state index contributed by atoms with van der Waals surface area (Å²) in [5.41, 5.74) is 1.25.